The Bertz CT molecular complexity index is 1450. The maximum atomic E-state index is 13.8. The van der Waals surface area contributed by atoms with E-state index in [1.165, 1.54) is 12.1 Å². The molecule has 0 radical (unpaired) electrons. The van der Waals surface area contributed by atoms with Crippen LogP contribution in [0.4, 0.5) is 0 Å². The van der Waals surface area contributed by atoms with Gasteiger partial charge < -0.3 is 10.6 Å². The van der Waals surface area contributed by atoms with E-state index < -0.39 is 23.1 Å². The Balaban J connectivity index is 1.54. The highest BCUT2D eigenvalue weighted by atomic mass is 35.5. The molecule has 9 heteroatoms. The molecule has 1 heterocycles. The van der Waals surface area contributed by atoms with Crippen molar-refractivity contribution in [2.75, 3.05) is 5.75 Å². The molecule has 0 saturated heterocycles. The van der Waals surface area contributed by atoms with Gasteiger partial charge in [0.25, 0.3) is 11.8 Å². The number of Topliss-reactive ketones (excluding diaryl/α,β-unsaturated/α-hetero) is 2. The molecule has 6 nitrogen and oxygen atoms in total. The molecular formula is C27H18Cl2N2O4S. The lowest BCUT2D eigenvalue weighted by atomic mass is 9.79. The Morgan fingerprint density at radius 1 is 0.833 bits per heavy atom. The van der Waals surface area contributed by atoms with Crippen LogP contribution in [0, 0.1) is 0 Å². The fraction of sp³-hybridized carbons (Fsp3) is 0.111. The summed E-state index contributed by atoms with van der Waals surface area (Å²) in [6.45, 7) is 0.139. The molecule has 36 heavy (non-hydrogen) atoms. The first kappa shape index (κ1) is 24.3. The van der Waals surface area contributed by atoms with E-state index in [0.29, 0.717) is 10.0 Å². The Morgan fingerprint density at radius 3 is 2.06 bits per heavy atom. The summed E-state index contributed by atoms with van der Waals surface area (Å²) in [4.78, 5) is 54.1. The van der Waals surface area contributed by atoms with E-state index in [1.807, 2.05) is 0 Å². The van der Waals surface area contributed by atoms with Crippen molar-refractivity contribution in [1.29, 1.82) is 0 Å². The number of halogens is 2. The number of carbonyl (C=O) groups is 4. The molecule has 0 saturated carbocycles. The normalized spacial score (nSPS) is 18.5. The van der Waals surface area contributed by atoms with Crippen molar-refractivity contribution in [2.45, 2.75) is 12.1 Å². The summed E-state index contributed by atoms with van der Waals surface area (Å²) in [5.41, 5.74) is -0.216. The van der Waals surface area contributed by atoms with Gasteiger partial charge in [0, 0.05) is 39.0 Å². The summed E-state index contributed by atoms with van der Waals surface area (Å²) in [5, 5.41) is 6.63. The number of rotatable bonds is 5. The van der Waals surface area contributed by atoms with Crippen LogP contribution in [0.5, 0.6) is 0 Å². The quantitative estimate of drug-likeness (QED) is 0.485. The highest BCUT2D eigenvalue weighted by Crippen LogP contribution is 2.45. The van der Waals surface area contributed by atoms with Gasteiger partial charge in [-0.3, -0.25) is 19.2 Å². The molecule has 0 spiro atoms. The van der Waals surface area contributed by atoms with Crippen molar-refractivity contribution in [3.8, 4) is 0 Å². The van der Waals surface area contributed by atoms with Crippen LogP contribution in [-0.4, -0.2) is 34.7 Å². The minimum Gasteiger partial charge on any atom is -0.350 e. The number of thioether (sulfide) groups is 1. The third kappa shape index (κ3) is 4.23. The van der Waals surface area contributed by atoms with Crippen LogP contribution in [0.1, 0.15) is 36.6 Å². The van der Waals surface area contributed by atoms with Crippen molar-refractivity contribution in [1.82, 2.24) is 10.6 Å². The summed E-state index contributed by atoms with van der Waals surface area (Å²) in [7, 11) is 0. The number of ketones is 2. The second-order valence-corrected chi connectivity index (χ2v) is 10.2. The lowest BCUT2D eigenvalue weighted by molar-refractivity contribution is -0.125. The molecule has 1 aliphatic heterocycles. The predicted octanol–water partition coefficient (Wildman–Crippen LogP) is 4.86. The van der Waals surface area contributed by atoms with Crippen LogP contribution in [0.25, 0.3) is 0 Å². The largest absolute Gasteiger partial charge is 0.350 e. The van der Waals surface area contributed by atoms with Gasteiger partial charge in [-0.05, 0) is 42.0 Å². The maximum absolute atomic E-state index is 13.8. The smallest absolute Gasteiger partial charge is 0.252 e. The van der Waals surface area contributed by atoms with Gasteiger partial charge >= 0.3 is 0 Å². The van der Waals surface area contributed by atoms with E-state index in [9.17, 15) is 19.2 Å². The summed E-state index contributed by atoms with van der Waals surface area (Å²) < 4.78 is 0. The van der Waals surface area contributed by atoms with Gasteiger partial charge in [-0.1, -0.05) is 59.6 Å². The van der Waals surface area contributed by atoms with E-state index in [1.54, 1.807) is 60.7 Å². The molecule has 0 fully saturated rings. The van der Waals surface area contributed by atoms with Gasteiger partial charge in [-0.25, -0.2) is 0 Å². The number of amides is 2. The first-order valence-corrected chi connectivity index (χ1v) is 12.7. The first-order chi connectivity index (χ1) is 17.3. The van der Waals surface area contributed by atoms with Gasteiger partial charge in [0.2, 0.25) is 5.78 Å². The average molecular weight is 537 g/mol. The monoisotopic (exact) mass is 536 g/mol. The van der Waals surface area contributed by atoms with Crippen LogP contribution in [0.15, 0.2) is 83.3 Å². The van der Waals surface area contributed by atoms with Crippen LogP contribution in [0.2, 0.25) is 10.0 Å². The fourth-order valence-corrected chi connectivity index (χ4v) is 5.88. The van der Waals surface area contributed by atoms with Crippen LogP contribution in [-0.2, 0) is 11.3 Å². The number of fused-ring (bicyclic) bond motifs is 1. The molecule has 2 N–H and O–H groups in total. The van der Waals surface area contributed by atoms with Gasteiger partial charge in [0.1, 0.15) is 0 Å². The molecule has 2 aliphatic rings. The maximum Gasteiger partial charge on any atom is 0.252 e. The molecule has 5 rings (SSSR count). The van der Waals surface area contributed by atoms with Crippen molar-refractivity contribution in [2.24, 2.45) is 0 Å². The topological polar surface area (TPSA) is 92.3 Å². The molecule has 0 bridgehead atoms. The third-order valence-corrected chi connectivity index (χ3v) is 7.88. The second-order valence-electron chi connectivity index (χ2n) is 8.37. The van der Waals surface area contributed by atoms with Gasteiger partial charge in [0.15, 0.2) is 11.3 Å². The number of hydrogen-bond acceptors (Lipinski definition) is 5. The Labute approximate surface area is 221 Å². The van der Waals surface area contributed by atoms with Crippen LogP contribution in [0.3, 0.4) is 0 Å². The number of nitrogens with one attached hydrogen (secondary N) is 2. The minimum atomic E-state index is -1.75. The molecule has 1 unspecified atom stereocenters. The number of carbonyl (C=O) groups excluding carboxylic acids is 4. The fourth-order valence-electron chi connectivity index (χ4n) is 4.27. The molecule has 1 aliphatic carbocycles. The number of hydrogen-bond donors (Lipinski definition) is 2. The van der Waals surface area contributed by atoms with E-state index in [4.69, 9.17) is 23.2 Å². The SMILES string of the molecule is O=C(NC1(C(=O)NCc2ccc(Cl)cc2)CSC2=C1C(=O)c1ccccc1C2=O)c1ccc(Cl)cc1. The number of allylic oxidation sites excluding steroid dienone is 1. The van der Waals surface area contributed by atoms with Crippen molar-refractivity contribution in [3.05, 3.63) is 116 Å². The lowest BCUT2D eigenvalue weighted by Crippen LogP contribution is -2.62. The molecule has 1 atom stereocenters. The van der Waals surface area contributed by atoms with Gasteiger partial charge in [-0.2, -0.15) is 0 Å². The molecule has 3 aromatic rings. The average Bonchev–Trinajstić information content (AvgIpc) is 3.28. The van der Waals surface area contributed by atoms with E-state index in [2.05, 4.69) is 10.6 Å². The molecule has 3 aromatic carbocycles. The Hall–Kier alpha value is -3.39. The zero-order valence-corrected chi connectivity index (χ0v) is 21.0. The second kappa shape index (κ2) is 9.58. The van der Waals surface area contributed by atoms with Crippen molar-refractivity contribution >= 4 is 58.3 Å². The Morgan fingerprint density at radius 2 is 1.42 bits per heavy atom. The predicted molar refractivity (Wildman–Crippen MR) is 140 cm³/mol. The molecule has 180 valence electrons. The van der Waals surface area contributed by atoms with Crippen LogP contribution >= 0.6 is 35.0 Å². The molecule has 0 aromatic heterocycles. The summed E-state index contributed by atoms with van der Waals surface area (Å²) in [5.74, 6) is -1.95. The van der Waals surface area contributed by atoms with E-state index >= 15 is 0 Å². The first-order valence-electron chi connectivity index (χ1n) is 11.0. The van der Waals surface area contributed by atoms with E-state index in [-0.39, 0.29) is 45.2 Å². The van der Waals surface area contributed by atoms with E-state index in [0.717, 1.165) is 17.3 Å². The minimum absolute atomic E-state index is 0.00504. The zero-order valence-electron chi connectivity index (χ0n) is 18.6. The van der Waals surface area contributed by atoms with Crippen molar-refractivity contribution in [3.63, 3.8) is 0 Å². The number of benzene rings is 3. The molecular weight excluding hydrogens is 519 g/mol. The lowest BCUT2D eigenvalue weighted by Gasteiger charge is -2.32. The zero-order chi connectivity index (χ0) is 25.4. The summed E-state index contributed by atoms with van der Waals surface area (Å²) in [6.07, 6.45) is 0. The Kier molecular flexibility index (Phi) is 6.47. The highest BCUT2D eigenvalue weighted by Gasteiger charge is 2.55. The van der Waals surface area contributed by atoms with Crippen molar-refractivity contribution < 1.29 is 19.2 Å². The van der Waals surface area contributed by atoms with Gasteiger partial charge in [0.05, 0.1) is 10.5 Å². The third-order valence-electron chi connectivity index (χ3n) is 6.12. The summed E-state index contributed by atoms with van der Waals surface area (Å²) in [6, 6.07) is 19.6. The summed E-state index contributed by atoms with van der Waals surface area (Å²) >= 11 is 13.0. The molecule has 2 amide bonds. The highest BCUT2D eigenvalue weighted by molar-refractivity contribution is 8.04. The standard InChI is InChI=1S/C27H18Cl2N2O4S/c28-17-9-5-15(6-10-17)13-30-26(35)27(31-25(34)16-7-11-18(29)12-8-16)14-36-24-21(27)22(32)19-3-1-2-4-20(19)23(24)33/h1-12H,13-14H2,(H,30,35)(H,31,34). The van der Waals surface area contributed by atoms with Gasteiger partial charge in [-0.15, -0.1) is 11.8 Å². The van der Waals surface area contributed by atoms with Crippen LogP contribution < -0.4 is 10.6 Å².